The number of nitrogen functional groups attached to an aromatic ring is 1. The van der Waals surface area contributed by atoms with E-state index < -0.39 is 0 Å². The van der Waals surface area contributed by atoms with E-state index in [1.165, 1.54) is 0 Å². The maximum atomic E-state index is 8.92. The van der Waals surface area contributed by atoms with Gasteiger partial charge in [0.05, 0.1) is 28.7 Å². The number of benzene rings is 3. The van der Waals surface area contributed by atoms with E-state index in [1.807, 2.05) is 30.3 Å². The first-order chi connectivity index (χ1) is 11.7. The summed E-state index contributed by atoms with van der Waals surface area (Å²) < 4.78 is 5.91. The Labute approximate surface area is 145 Å². The second-order valence-electron chi connectivity index (χ2n) is 5.09. The monoisotopic (exact) mass is 335 g/mol. The first kappa shape index (κ1) is 15.7. The highest BCUT2D eigenvalue weighted by Crippen LogP contribution is 2.35. The van der Waals surface area contributed by atoms with Crippen molar-refractivity contribution in [1.82, 2.24) is 0 Å². The van der Waals surface area contributed by atoms with Gasteiger partial charge in [-0.05, 0) is 48.5 Å². The molecule has 4 nitrogen and oxygen atoms in total. The minimum Gasteiger partial charge on any atom is -0.455 e. The molecule has 0 aromatic heterocycles. The molecule has 3 rings (SSSR count). The summed E-state index contributed by atoms with van der Waals surface area (Å²) in [7, 11) is 0. The van der Waals surface area contributed by atoms with E-state index in [-0.39, 0.29) is 0 Å². The summed E-state index contributed by atoms with van der Waals surface area (Å²) in [6, 6.07) is 21.9. The fraction of sp³-hybridized carbons (Fsp3) is 0. The van der Waals surface area contributed by atoms with Crippen LogP contribution in [0.1, 0.15) is 5.56 Å². The summed E-state index contributed by atoms with van der Waals surface area (Å²) >= 11 is 6.10. The van der Waals surface area contributed by atoms with Crippen LogP contribution >= 0.6 is 11.6 Å². The van der Waals surface area contributed by atoms with Crippen LogP contribution in [0.4, 0.5) is 17.1 Å². The number of hydrogen-bond acceptors (Lipinski definition) is 4. The molecule has 0 unspecified atom stereocenters. The third-order valence-corrected chi connectivity index (χ3v) is 3.60. The average Bonchev–Trinajstić information content (AvgIpc) is 2.60. The molecule has 0 saturated carbocycles. The van der Waals surface area contributed by atoms with Crippen molar-refractivity contribution in [2.45, 2.75) is 0 Å². The Morgan fingerprint density at radius 2 is 1.75 bits per heavy atom. The van der Waals surface area contributed by atoms with E-state index in [0.717, 1.165) is 5.75 Å². The van der Waals surface area contributed by atoms with Gasteiger partial charge in [0.15, 0.2) is 5.75 Å². The predicted molar refractivity (Wildman–Crippen MR) is 96.8 cm³/mol. The summed E-state index contributed by atoms with van der Waals surface area (Å²) in [5.74, 6) is 1.34. The lowest BCUT2D eigenvalue weighted by atomic mass is 10.2. The van der Waals surface area contributed by atoms with Crippen molar-refractivity contribution in [2.75, 3.05) is 11.1 Å². The zero-order valence-corrected chi connectivity index (χ0v) is 13.4. The quantitative estimate of drug-likeness (QED) is 0.632. The van der Waals surface area contributed by atoms with Crippen molar-refractivity contribution in [1.29, 1.82) is 5.26 Å². The zero-order chi connectivity index (χ0) is 16.9. The Balaban J connectivity index is 1.93. The lowest BCUT2D eigenvalue weighted by Gasteiger charge is -2.15. The third-order valence-electron chi connectivity index (χ3n) is 3.36. The Morgan fingerprint density at radius 1 is 0.958 bits per heavy atom. The van der Waals surface area contributed by atoms with Gasteiger partial charge >= 0.3 is 0 Å². The van der Waals surface area contributed by atoms with E-state index in [0.29, 0.717) is 33.4 Å². The Kier molecular flexibility index (Phi) is 4.55. The summed E-state index contributed by atoms with van der Waals surface area (Å²) in [5.41, 5.74) is 8.33. The second kappa shape index (κ2) is 6.95. The molecule has 0 aliphatic heterocycles. The number of ether oxygens (including phenoxy) is 1. The van der Waals surface area contributed by atoms with Crippen LogP contribution in [0.5, 0.6) is 11.5 Å². The van der Waals surface area contributed by atoms with Gasteiger partial charge in [-0.2, -0.15) is 5.26 Å². The molecular weight excluding hydrogens is 322 g/mol. The van der Waals surface area contributed by atoms with E-state index in [9.17, 15) is 0 Å². The van der Waals surface area contributed by atoms with Gasteiger partial charge in [0.2, 0.25) is 0 Å². The first-order valence-electron chi connectivity index (χ1n) is 7.25. The minimum atomic E-state index is 0.472. The van der Waals surface area contributed by atoms with Crippen LogP contribution in [0.15, 0.2) is 66.7 Å². The molecule has 118 valence electrons. The highest BCUT2D eigenvalue weighted by molar-refractivity contribution is 6.31. The van der Waals surface area contributed by atoms with E-state index in [2.05, 4.69) is 11.4 Å². The summed E-state index contributed by atoms with van der Waals surface area (Å²) in [6.07, 6.45) is 0. The van der Waals surface area contributed by atoms with Crippen molar-refractivity contribution in [3.05, 3.63) is 77.3 Å². The number of nitrogens with two attached hydrogens (primary N) is 1. The number of nitrogens with zero attached hydrogens (tertiary/aromatic N) is 1. The SMILES string of the molecule is N#Cc1ccc(Nc2cc(Cl)ccc2Oc2ccccc2)c(N)c1. The molecule has 5 heteroatoms. The molecule has 3 aromatic carbocycles. The van der Waals surface area contributed by atoms with Crippen molar-refractivity contribution in [3.63, 3.8) is 0 Å². The fourth-order valence-electron chi connectivity index (χ4n) is 2.20. The minimum absolute atomic E-state index is 0.472. The highest BCUT2D eigenvalue weighted by Gasteiger charge is 2.09. The number of rotatable bonds is 4. The summed E-state index contributed by atoms with van der Waals surface area (Å²) in [6.45, 7) is 0. The number of nitriles is 1. The Hall–Kier alpha value is -3.16. The lowest BCUT2D eigenvalue weighted by molar-refractivity contribution is 0.485. The van der Waals surface area contributed by atoms with Gasteiger partial charge in [0.1, 0.15) is 5.75 Å². The maximum absolute atomic E-state index is 8.92. The highest BCUT2D eigenvalue weighted by atomic mass is 35.5. The maximum Gasteiger partial charge on any atom is 0.150 e. The first-order valence-corrected chi connectivity index (χ1v) is 7.62. The van der Waals surface area contributed by atoms with E-state index >= 15 is 0 Å². The standard InChI is InChI=1S/C19H14ClN3O/c20-14-7-9-19(24-15-4-2-1-3-5-15)18(11-14)23-17-8-6-13(12-21)10-16(17)22/h1-11,23H,22H2. The Morgan fingerprint density at radius 3 is 2.46 bits per heavy atom. The predicted octanol–water partition coefficient (Wildman–Crippen LogP) is 5.33. The Bertz CT molecular complexity index is 904. The molecule has 3 N–H and O–H groups in total. The molecule has 0 bridgehead atoms. The van der Waals surface area contributed by atoms with Crippen molar-refractivity contribution >= 4 is 28.7 Å². The van der Waals surface area contributed by atoms with Gasteiger partial charge in [-0.3, -0.25) is 0 Å². The molecular formula is C19H14ClN3O. The topological polar surface area (TPSA) is 71.1 Å². The van der Waals surface area contributed by atoms with E-state index in [1.54, 1.807) is 36.4 Å². The van der Waals surface area contributed by atoms with Gasteiger partial charge < -0.3 is 15.8 Å². The molecule has 0 aliphatic rings. The van der Waals surface area contributed by atoms with Crippen molar-refractivity contribution in [2.24, 2.45) is 0 Å². The van der Waals surface area contributed by atoms with Crippen LogP contribution in [0.25, 0.3) is 0 Å². The second-order valence-corrected chi connectivity index (χ2v) is 5.53. The molecule has 0 aliphatic carbocycles. The molecule has 0 atom stereocenters. The fourth-order valence-corrected chi connectivity index (χ4v) is 2.37. The third kappa shape index (κ3) is 3.60. The number of hydrogen-bond donors (Lipinski definition) is 2. The van der Waals surface area contributed by atoms with Crippen LogP contribution in [-0.4, -0.2) is 0 Å². The van der Waals surface area contributed by atoms with Gasteiger partial charge in [-0.15, -0.1) is 0 Å². The largest absolute Gasteiger partial charge is 0.455 e. The van der Waals surface area contributed by atoms with Crippen molar-refractivity contribution in [3.8, 4) is 17.6 Å². The van der Waals surface area contributed by atoms with Crippen LogP contribution in [0, 0.1) is 11.3 Å². The van der Waals surface area contributed by atoms with Crippen LogP contribution < -0.4 is 15.8 Å². The molecule has 3 aromatic rings. The molecule has 0 fully saturated rings. The molecule has 0 amide bonds. The number of para-hydroxylation sites is 1. The smallest absolute Gasteiger partial charge is 0.150 e. The van der Waals surface area contributed by atoms with E-state index in [4.69, 9.17) is 27.3 Å². The molecule has 24 heavy (non-hydrogen) atoms. The molecule has 0 saturated heterocycles. The normalized spacial score (nSPS) is 10.0. The summed E-state index contributed by atoms with van der Waals surface area (Å²) in [5, 5.41) is 12.7. The van der Waals surface area contributed by atoms with Crippen LogP contribution in [0.3, 0.4) is 0 Å². The summed E-state index contributed by atoms with van der Waals surface area (Å²) in [4.78, 5) is 0. The number of anilines is 3. The molecule has 0 radical (unpaired) electrons. The zero-order valence-electron chi connectivity index (χ0n) is 12.7. The van der Waals surface area contributed by atoms with Gasteiger partial charge in [-0.25, -0.2) is 0 Å². The number of halogens is 1. The number of nitrogens with one attached hydrogen (secondary N) is 1. The van der Waals surface area contributed by atoms with Crippen LogP contribution in [-0.2, 0) is 0 Å². The van der Waals surface area contributed by atoms with Gasteiger partial charge in [0, 0.05) is 5.02 Å². The average molecular weight is 336 g/mol. The van der Waals surface area contributed by atoms with Crippen LogP contribution in [0.2, 0.25) is 5.02 Å². The lowest BCUT2D eigenvalue weighted by Crippen LogP contribution is -1.99. The van der Waals surface area contributed by atoms with Gasteiger partial charge in [0.25, 0.3) is 0 Å². The van der Waals surface area contributed by atoms with Gasteiger partial charge in [-0.1, -0.05) is 29.8 Å². The molecule has 0 heterocycles. The molecule has 0 spiro atoms. The van der Waals surface area contributed by atoms with Crippen molar-refractivity contribution < 1.29 is 4.74 Å².